The highest BCUT2D eigenvalue weighted by molar-refractivity contribution is 6.10. The number of carbonyl (C=O) groups excluding carboxylic acids is 5. The third-order valence-electron chi connectivity index (χ3n) is 3.10. The molecule has 0 aliphatic carbocycles. The summed E-state index contributed by atoms with van der Waals surface area (Å²) in [6.45, 7) is 12.6. The molecule has 0 amide bonds. The first kappa shape index (κ1) is 22.2. The van der Waals surface area contributed by atoms with Gasteiger partial charge in [0.05, 0.1) is 16.7 Å². The number of esters is 5. The average molecular weight is 386 g/mol. The number of hydrogen-bond acceptors (Lipinski definition) is 8. The Kier molecular flexibility index (Phi) is 7.76. The van der Waals surface area contributed by atoms with Crippen LogP contribution in [0.4, 0.5) is 0 Å². The van der Waals surface area contributed by atoms with Gasteiger partial charge in [-0.3, -0.25) is 0 Å². The van der Waals surface area contributed by atoms with E-state index in [1.807, 2.05) is 0 Å². The van der Waals surface area contributed by atoms with Crippen molar-refractivity contribution in [2.75, 3.05) is 6.61 Å². The van der Waals surface area contributed by atoms with Crippen LogP contribution in [0.3, 0.4) is 0 Å². The predicted octanol–water partition coefficient (Wildman–Crippen LogP) is 2.55. The van der Waals surface area contributed by atoms with Gasteiger partial charge in [-0.2, -0.15) is 0 Å². The summed E-state index contributed by atoms with van der Waals surface area (Å²) < 4.78 is 14.1. The van der Waals surface area contributed by atoms with Gasteiger partial charge in [0.25, 0.3) is 0 Å². The summed E-state index contributed by atoms with van der Waals surface area (Å²) in [6, 6.07) is 3.21. The molecule has 0 spiro atoms. The maximum Gasteiger partial charge on any atom is 0.346 e. The van der Waals surface area contributed by atoms with E-state index in [0.717, 1.165) is 18.2 Å². The molecule has 0 N–H and O–H groups in total. The predicted molar refractivity (Wildman–Crippen MR) is 97.4 cm³/mol. The van der Waals surface area contributed by atoms with Crippen LogP contribution < -0.4 is 0 Å². The quantitative estimate of drug-likeness (QED) is 0.231. The zero-order chi connectivity index (χ0) is 21.4. The Labute approximate surface area is 161 Å². The first-order chi connectivity index (χ1) is 13.1. The molecule has 0 atom stereocenters. The second-order valence-electron chi connectivity index (χ2n) is 5.56. The molecule has 0 aromatic heterocycles. The number of hydrogen-bond donors (Lipinski definition) is 0. The highest BCUT2D eigenvalue weighted by atomic mass is 16.6. The maximum atomic E-state index is 12.3. The number of benzene rings is 1. The normalized spacial score (nSPS) is 9.64. The van der Waals surface area contributed by atoms with Crippen molar-refractivity contribution in [2.24, 2.45) is 0 Å². The summed E-state index contributed by atoms with van der Waals surface area (Å²) >= 11 is 0. The minimum absolute atomic E-state index is 0.00957. The molecule has 0 saturated carbocycles. The summed E-state index contributed by atoms with van der Waals surface area (Å²) in [5.74, 6) is -5.17. The average Bonchev–Trinajstić information content (AvgIpc) is 2.64. The van der Waals surface area contributed by atoms with Crippen LogP contribution in [0.25, 0.3) is 0 Å². The van der Waals surface area contributed by atoms with Crippen LogP contribution in [0.1, 0.15) is 44.9 Å². The summed E-state index contributed by atoms with van der Waals surface area (Å²) in [6.07, 6.45) is 1.31. The monoisotopic (exact) mass is 386 g/mol. The van der Waals surface area contributed by atoms with Crippen molar-refractivity contribution in [1.29, 1.82) is 0 Å². The zero-order valence-electron chi connectivity index (χ0n) is 15.4. The summed E-state index contributed by atoms with van der Waals surface area (Å²) in [4.78, 5) is 59.6. The second-order valence-corrected chi connectivity index (χ2v) is 5.56. The number of carbonyl (C=O) groups is 5. The molecule has 146 valence electrons. The Hall–Kier alpha value is -3.81. The van der Waals surface area contributed by atoms with E-state index in [1.165, 1.54) is 19.9 Å². The van der Waals surface area contributed by atoms with Gasteiger partial charge < -0.3 is 14.2 Å². The van der Waals surface area contributed by atoms with Crippen LogP contribution in [0, 0.1) is 0 Å². The largest absolute Gasteiger partial charge is 0.458 e. The van der Waals surface area contributed by atoms with Crippen molar-refractivity contribution < 1.29 is 38.2 Å². The van der Waals surface area contributed by atoms with Crippen molar-refractivity contribution in [3.63, 3.8) is 0 Å². The Morgan fingerprint density at radius 1 is 0.857 bits per heavy atom. The number of ether oxygens (including phenoxy) is 3. The Bertz CT molecular complexity index is 891. The van der Waals surface area contributed by atoms with Crippen LogP contribution in [0.2, 0.25) is 0 Å². The fourth-order valence-corrected chi connectivity index (χ4v) is 1.69. The van der Waals surface area contributed by atoms with Crippen LogP contribution in [-0.4, -0.2) is 36.5 Å². The Balaban J connectivity index is 3.31. The smallest absolute Gasteiger partial charge is 0.346 e. The topological polar surface area (TPSA) is 113 Å². The van der Waals surface area contributed by atoms with Gasteiger partial charge in [0.1, 0.15) is 6.61 Å². The van der Waals surface area contributed by atoms with Crippen LogP contribution in [0.5, 0.6) is 0 Å². The van der Waals surface area contributed by atoms with Crippen molar-refractivity contribution in [3.05, 3.63) is 71.8 Å². The van der Waals surface area contributed by atoms with Gasteiger partial charge in [-0.25, -0.2) is 24.0 Å². The molecule has 0 fully saturated rings. The van der Waals surface area contributed by atoms with Crippen molar-refractivity contribution >= 4 is 29.8 Å². The van der Waals surface area contributed by atoms with Gasteiger partial charge >= 0.3 is 29.8 Å². The van der Waals surface area contributed by atoms with Crippen molar-refractivity contribution in [1.82, 2.24) is 0 Å². The first-order valence-electron chi connectivity index (χ1n) is 7.84. The van der Waals surface area contributed by atoms with Gasteiger partial charge in [0.2, 0.25) is 0 Å². The Morgan fingerprint density at radius 3 is 1.89 bits per heavy atom. The summed E-state index contributed by atoms with van der Waals surface area (Å²) in [5, 5.41) is 0. The van der Waals surface area contributed by atoms with Crippen LogP contribution in [-0.2, 0) is 23.8 Å². The molecule has 28 heavy (non-hydrogen) atoms. The van der Waals surface area contributed by atoms with E-state index in [1.54, 1.807) is 0 Å². The third-order valence-corrected chi connectivity index (χ3v) is 3.10. The molecule has 0 saturated heterocycles. The molecule has 0 aliphatic rings. The minimum atomic E-state index is -1.21. The van der Waals surface area contributed by atoms with E-state index >= 15 is 0 Å². The molecular weight excluding hydrogens is 368 g/mol. The fraction of sp³-hybridized carbons (Fsp3) is 0.150. The Morgan fingerprint density at radius 2 is 1.39 bits per heavy atom. The molecule has 0 radical (unpaired) electrons. The number of rotatable bonds is 7. The molecule has 8 heteroatoms. The SMILES string of the molecule is C=CCOC(=O)c1ccc(C(=O)OC(=O)C(=C)C)cc1C(=O)OC(=O)C(=C)C. The first-order valence-corrected chi connectivity index (χ1v) is 7.84. The van der Waals surface area contributed by atoms with E-state index < -0.39 is 35.4 Å². The summed E-state index contributed by atoms with van der Waals surface area (Å²) in [7, 11) is 0. The van der Waals surface area contributed by atoms with Crippen molar-refractivity contribution in [3.8, 4) is 0 Å². The molecule has 1 aromatic rings. The molecule has 1 aromatic carbocycles. The van der Waals surface area contributed by atoms with Crippen molar-refractivity contribution in [2.45, 2.75) is 13.8 Å². The van der Waals surface area contributed by atoms with E-state index in [9.17, 15) is 24.0 Å². The molecule has 1 rings (SSSR count). The molecule has 0 aliphatic heterocycles. The zero-order valence-corrected chi connectivity index (χ0v) is 15.4. The molecular formula is C20H18O8. The maximum absolute atomic E-state index is 12.3. The minimum Gasteiger partial charge on any atom is -0.458 e. The van der Waals surface area contributed by atoms with Gasteiger partial charge in [0.15, 0.2) is 0 Å². The van der Waals surface area contributed by atoms with Gasteiger partial charge in [-0.05, 0) is 32.0 Å². The lowest BCUT2D eigenvalue weighted by Gasteiger charge is -2.10. The lowest BCUT2D eigenvalue weighted by molar-refractivity contribution is -0.134. The van der Waals surface area contributed by atoms with E-state index in [4.69, 9.17) is 4.74 Å². The summed E-state index contributed by atoms with van der Waals surface area (Å²) in [5.41, 5.74) is -0.981. The van der Waals surface area contributed by atoms with E-state index in [2.05, 4.69) is 29.2 Å². The van der Waals surface area contributed by atoms with Gasteiger partial charge in [-0.15, -0.1) is 0 Å². The second kappa shape index (κ2) is 9.77. The lowest BCUT2D eigenvalue weighted by Crippen LogP contribution is -2.19. The molecule has 0 bridgehead atoms. The van der Waals surface area contributed by atoms with Crippen LogP contribution in [0.15, 0.2) is 55.2 Å². The standard InChI is InChI=1S/C20H18O8/c1-6-9-26-19(24)14-8-7-13(18(23)27-16(21)11(2)3)10-15(14)20(25)28-17(22)12(4)5/h6-8,10H,1-2,4,9H2,3,5H3. The van der Waals surface area contributed by atoms with E-state index in [0.29, 0.717) is 0 Å². The van der Waals surface area contributed by atoms with Crippen LogP contribution >= 0.6 is 0 Å². The molecule has 8 nitrogen and oxygen atoms in total. The van der Waals surface area contributed by atoms with E-state index in [-0.39, 0.29) is 28.9 Å². The van der Waals surface area contributed by atoms with Gasteiger partial charge in [-0.1, -0.05) is 25.8 Å². The third kappa shape index (κ3) is 5.87. The molecule has 0 unspecified atom stereocenters. The lowest BCUT2D eigenvalue weighted by atomic mass is 10.0. The molecule has 0 heterocycles. The highest BCUT2D eigenvalue weighted by Crippen LogP contribution is 2.17. The van der Waals surface area contributed by atoms with Gasteiger partial charge in [0, 0.05) is 11.1 Å². The fourth-order valence-electron chi connectivity index (χ4n) is 1.69. The highest BCUT2D eigenvalue weighted by Gasteiger charge is 2.25.